The summed E-state index contributed by atoms with van der Waals surface area (Å²) in [4.78, 5) is 14.6. The first kappa shape index (κ1) is 24.5. The Balaban J connectivity index is 0.00000160. The van der Waals surface area contributed by atoms with Gasteiger partial charge in [0, 0.05) is 37.3 Å². The predicted molar refractivity (Wildman–Crippen MR) is 120 cm³/mol. The van der Waals surface area contributed by atoms with Crippen LogP contribution in [0.3, 0.4) is 0 Å². The number of hydrogen-bond acceptors (Lipinski definition) is 6. The molecule has 2 aromatic rings. The van der Waals surface area contributed by atoms with Crippen LogP contribution in [0.5, 0.6) is 5.75 Å². The molecule has 1 aromatic carbocycles. The Labute approximate surface area is 189 Å². The zero-order chi connectivity index (χ0) is 19.6. The number of halogens is 2. The van der Waals surface area contributed by atoms with Crippen molar-refractivity contribution in [3.63, 3.8) is 0 Å². The van der Waals surface area contributed by atoms with Gasteiger partial charge in [0.05, 0.1) is 24.4 Å². The number of ether oxygens (including phenoxy) is 2. The van der Waals surface area contributed by atoms with Crippen LogP contribution in [0.15, 0.2) is 36.7 Å². The number of methoxy groups -OCH3 is 1. The topological polar surface area (TPSA) is 68.6 Å². The molecule has 0 aliphatic carbocycles. The third-order valence-electron chi connectivity index (χ3n) is 5.81. The monoisotopic (exact) mass is 456 g/mol. The van der Waals surface area contributed by atoms with Gasteiger partial charge in [0.2, 0.25) is 0 Å². The van der Waals surface area contributed by atoms with Crippen LogP contribution in [0.1, 0.15) is 24.8 Å². The Morgan fingerprint density at radius 3 is 2.83 bits per heavy atom. The number of nitrogens with zero attached hydrogens (tertiary/aromatic N) is 3. The molecular weight excluding hydrogens is 427 g/mol. The summed E-state index contributed by atoms with van der Waals surface area (Å²) >= 11 is 0. The Kier molecular flexibility index (Phi) is 8.55. The van der Waals surface area contributed by atoms with Crippen LogP contribution in [-0.4, -0.2) is 60.5 Å². The molecule has 1 aromatic heterocycles. The first-order valence-electron chi connectivity index (χ1n) is 9.86. The summed E-state index contributed by atoms with van der Waals surface area (Å²) in [5.41, 5.74) is 1.82. The second-order valence-corrected chi connectivity index (χ2v) is 7.95. The molecule has 166 valence electrons. The number of esters is 1. The quantitative estimate of drug-likeness (QED) is 0.673. The fourth-order valence-corrected chi connectivity index (χ4v) is 4.31. The van der Waals surface area contributed by atoms with Crippen molar-refractivity contribution >= 4 is 30.8 Å². The molecule has 3 heterocycles. The maximum absolute atomic E-state index is 12.4. The SMILES string of the molecule is COc1cccc(-n2cc(CN(C)CC3CC4(CCNCC4)C(=O)O3)cn2)c1.Cl.Cl. The lowest BCUT2D eigenvalue weighted by Crippen LogP contribution is -2.39. The lowest BCUT2D eigenvalue weighted by Gasteiger charge is -2.29. The molecule has 0 bridgehead atoms. The molecule has 0 amide bonds. The van der Waals surface area contributed by atoms with Gasteiger partial charge in [-0.15, -0.1) is 24.8 Å². The minimum Gasteiger partial charge on any atom is -0.497 e. The van der Waals surface area contributed by atoms with Gasteiger partial charge in [-0.1, -0.05) is 6.07 Å². The van der Waals surface area contributed by atoms with E-state index in [1.807, 2.05) is 41.3 Å². The van der Waals surface area contributed by atoms with Crippen molar-refractivity contribution in [2.75, 3.05) is 33.8 Å². The highest BCUT2D eigenvalue weighted by Crippen LogP contribution is 2.41. The maximum Gasteiger partial charge on any atom is 0.312 e. The Hall–Kier alpha value is -1.80. The lowest BCUT2D eigenvalue weighted by molar-refractivity contribution is -0.150. The Bertz CT molecular complexity index is 839. The summed E-state index contributed by atoms with van der Waals surface area (Å²) in [6.07, 6.45) is 6.49. The van der Waals surface area contributed by atoms with Crippen molar-refractivity contribution in [3.05, 3.63) is 42.2 Å². The first-order chi connectivity index (χ1) is 13.6. The number of carbonyl (C=O) groups is 1. The van der Waals surface area contributed by atoms with Gasteiger partial charge < -0.3 is 14.8 Å². The third kappa shape index (κ3) is 5.27. The summed E-state index contributed by atoms with van der Waals surface area (Å²) in [5, 5.41) is 7.80. The molecule has 9 heteroatoms. The lowest BCUT2D eigenvalue weighted by atomic mass is 9.76. The van der Waals surface area contributed by atoms with Crippen LogP contribution in [-0.2, 0) is 16.1 Å². The number of nitrogens with one attached hydrogen (secondary N) is 1. The molecule has 2 saturated heterocycles. The van der Waals surface area contributed by atoms with E-state index in [1.54, 1.807) is 7.11 Å². The smallest absolute Gasteiger partial charge is 0.312 e. The van der Waals surface area contributed by atoms with Crippen molar-refractivity contribution in [3.8, 4) is 11.4 Å². The van der Waals surface area contributed by atoms with Crippen molar-refractivity contribution in [2.45, 2.75) is 31.9 Å². The van der Waals surface area contributed by atoms with Crippen molar-refractivity contribution < 1.29 is 14.3 Å². The molecule has 0 radical (unpaired) electrons. The van der Waals surface area contributed by atoms with E-state index in [4.69, 9.17) is 9.47 Å². The van der Waals surface area contributed by atoms with Gasteiger partial charge in [0.15, 0.2) is 0 Å². The van der Waals surface area contributed by atoms with Gasteiger partial charge in [-0.05, 0) is 45.1 Å². The number of hydrogen-bond donors (Lipinski definition) is 1. The molecule has 30 heavy (non-hydrogen) atoms. The molecule has 0 saturated carbocycles. The number of likely N-dealkylation sites (N-methyl/N-ethyl adjacent to an activating group) is 1. The van der Waals surface area contributed by atoms with Crippen LogP contribution in [0.2, 0.25) is 0 Å². The largest absolute Gasteiger partial charge is 0.497 e. The van der Waals surface area contributed by atoms with Crippen LogP contribution in [0.4, 0.5) is 0 Å². The fourth-order valence-electron chi connectivity index (χ4n) is 4.31. The molecule has 1 spiro atoms. The summed E-state index contributed by atoms with van der Waals surface area (Å²) in [7, 11) is 3.72. The van der Waals surface area contributed by atoms with Crippen molar-refractivity contribution in [2.24, 2.45) is 5.41 Å². The fraction of sp³-hybridized carbons (Fsp3) is 0.524. The van der Waals surface area contributed by atoms with E-state index < -0.39 is 0 Å². The van der Waals surface area contributed by atoms with E-state index in [9.17, 15) is 4.79 Å². The number of rotatable bonds is 6. The standard InChI is InChI=1S/C21H28N4O3.2ClH/c1-24(15-19-11-21(20(26)28-19)6-8-22-9-7-21)13-16-12-23-25(14-16)17-4-3-5-18(10-17)27-2;;/h3-5,10,12,14,19,22H,6-9,11,13,15H2,1-2H3;2*1H. The van der Waals surface area contributed by atoms with Crippen LogP contribution < -0.4 is 10.1 Å². The maximum atomic E-state index is 12.4. The second-order valence-electron chi connectivity index (χ2n) is 7.95. The minimum atomic E-state index is -0.256. The molecule has 1 N–H and O–H groups in total. The van der Waals surface area contributed by atoms with E-state index in [1.165, 1.54) is 0 Å². The Morgan fingerprint density at radius 1 is 1.33 bits per heavy atom. The second kappa shape index (κ2) is 10.5. The van der Waals surface area contributed by atoms with Gasteiger partial charge in [-0.25, -0.2) is 4.68 Å². The van der Waals surface area contributed by atoms with Crippen molar-refractivity contribution in [1.82, 2.24) is 20.0 Å². The average molecular weight is 457 g/mol. The predicted octanol–water partition coefficient (Wildman–Crippen LogP) is 2.84. The first-order valence-corrected chi connectivity index (χ1v) is 9.86. The van der Waals surface area contributed by atoms with Gasteiger partial charge >= 0.3 is 5.97 Å². The van der Waals surface area contributed by atoms with E-state index in [0.717, 1.165) is 62.4 Å². The van der Waals surface area contributed by atoms with Crippen LogP contribution in [0.25, 0.3) is 5.69 Å². The van der Waals surface area contributed by atoms with E-state index in [0.29, 0.717) is 0 Å². The van der Waals surface area contributed by atoms with Gasteiger partial charge in [-0.3, -0.25) is 9.69 Å². The van der Waals surface area contributed by atoms with E-state index in [2.05, 4.69) is 22.4 Å². The zero-order valence-corrected chi connectivity index (χ0v) is 19.0. The van der Waals surface area contributed by atoms with Gasteiger partial charge in [0.1, 0.15) is 11.9 Å². The molecule has 1 atom stereocenters. The number of cyclic esters (lactones) is 1. The molecule has 7 nitrogen and oxygen atoms in total. The highest BCUT2D eigenvalue weighted by Gasteiger charge is 2.49. The Morgan fingerprint density at radius 2 is 2.10 bits per heavy atom. The molecule has 2 aliphatic rings. The summed E-state index contributed by atoms with van der Waals surface area (Å²) in [6.45, 7) is 3.31. The molecule has 2 fully saturated rings. The average Bonchev–Trinajstić information content (AvgIpc) is 3.27. The number of carbonyl (C=O) groups excluding carboxylic acids is 1. The molecule has 4 rings (SSSR count). The van der Waals surface area contributed by atoms with E-state index >= 15 is 0 Å². The number of aromatic nitrogens is 2. The molecule has 1 unspecified atom stereocenters. The summed E-state index contributed by atoms with van der Waals surface area (Å²) in [5.74, 6) is 0.805. The van der Waals surface area contributed by atoms with E-state index in [-0.39, 0.29) is 42.3 Å². The third-order valence-corrected chi connectivity index (χ3v) is 5.81. The highest BCUT2D eigenvalue weighted by atomic mass is 35.5. The number of piperidine rings is 1. The van der Waals surface area contributed by atoms with Crippen LogP contribution >= 0.6 is 24.8 Å². The number of benzene rings is 1. The van der Waals surface area contributed by atoms with Gasteiger partial charge in [-0.2, -0.15) is 5.10 Å². The summed E-state index contributed by atoms with van der Waals surface area (Å²) in [6, 6.07) is 7.82. The highest BCUT2D eigenvalue weighted by molar-refractivity contribution is 5.85. The van der Waals surface area contributed by atoms with Crippen LogP contribution in [0, 0.1) is 5.41 Å². The normalized spacial score (nSPS) is 19.8. The molecular formula is C21H30Cl2N4O3. The molecule has 2 aliphatic heterocycles. The van der Waals surface area contributed by atoms with Gasteiger partial charge in [0.25, 0.3) is 0 Å². The van der Waals surface area contributed by atoms with Crippen molar-refractivity contribution in [1.29, 1.82) is 0 Å². The summed E-state index contributed by atoms with van der Waals surface area (Å²) < 4.78 is 12.9. The minimum absolute atomic E-state index is 0. The zero-order valence-electron chi connectivity index (χ0n) is 17.4.